The van der Waals surface area contributed by atoms with Gasteiger partial charge < -0.3 is 27.5 Å². The van der Waals surface area contributed by atoms with Crippen LogP contribution in [0.2, 0.25) is 0 Å². The summed E-state index contributed by atoms with van der Waals surface area (Å²) in [6.07, 6.45) is 0. The summed E-state index contributed by atoms with van der Waals surface area (Å²) in [5.74, 6) is 0.262. The minimum absolute atomic E-state index is 0.0868. The first-order valence-electron chi connectivity index (χ1n) is 28.9. The SMILES string of the molecule is CC(C)c1c2oc3cc4cc(N(c5ccccc5)c5cccc6c5oc5c(C(C)(C)C)cccc56)ccc4cc3c2c(C(C)C)c2oc3cc4cc(N(c5ccccc5)c5cccc6c5oc5c(C(C)(C)C)cccc56)ccc4cc3c12. The molecule has 0 unspecified atom stereocenters. The molecule has 0 aliphatic carbocycles. The minimum atomic E-state index is -0.0868. The van der Waals surface area contributed by atoms with Crippen molar-refractivity contribution >= 4 is 143 Å². The predicted molar refractivity (Wildman–Crippen MR) is 346 cm³/mol. The fraction of sp³-hybridized carbons (Fsp3) is 0.184. The van der Waals surface area contributed by atoms with E-state index in [9.17, 15) is 0 Å². The molecule has 4 aromatic heterocycles. The highest BCUT2D eigenvalue weighted by atomic mass is 16.3. The van der Waals surface area contributed by atoms with E-state index in [1.807, 2.05) is 0 Å². The summed E-state index contributed by atoms with van der Waals surface area (Å²) >= 11 is 0. The van der Waals surface area contributed by atoms with Gasteiger partial charge in [-0.1, -0.05) is 178 Å². The molecule has 82 heavy (non-hydrogen) atoms. The Hall–Kier alpha value is -9.26. The molecule has 6 heteroatoms. The van der Waals surface area contributed by atoms with Gasteiger partial charge in [-0.25, -0.2) is 0 Å². The van der Waals surface area contributed by atoms with Gasteiger partial charge in [-0.2, -0.15) is 0 Å². The molecule has 0 spiro atoms. The van der Waals surface area contributed by atoms with Gasteiger partial charge >= 0.3 is 0 Å². The van der Waals surface area contributed by atoms with Crippen molar-refractivity contribution in [3.05, 3.63) is 216 Å². The molecule has 0 amide bonds. The summed E-state index contributed by atoms with van der Waals surface area (Å²) < 4.78 is 28.5. The van der Waals surface area contributed by atoms with Crippen LogP contribution in [0.3, 0.4) is 0 Å². The Bertz CT molecular complexity index is 4750. The fourth-order valence-corrected chi connectivity index (χ4v) is 13.3. The Morgan fingerprint density at radius 2 is 0.683 bits per heavy atom. The van der Waals surface area contributed by atoms with Gasteiger partial charge in [0.2, 0.25) is 0 Å². The smallest absolute Gasteiger partial charge is 0.159 e. The first kappa shape index (κ1) is 49.8. The van der Waals surface area contributed by atoms with Crippen LogP contribution in [0.1, 0.15) is 103 Å². The van der Waals surface area contributed by atoms with E-state index in [4.69, 9.17) is 17.7 Å². The van der Waals surface area contributed by atoms with Gasteiger partial charge in [0, 0.05) is 88.1 Å². The largest absolute Gasteiger partial charge is 0.456 e. The second-order valence-corrected chi connectivity index (χ2v) is 25.2. The molecule has 11 aromatic carbocycles. The molecule has 0 aliphatic rings. The topological polar surface area (TPSA) is 59.0 Å². The summed E-state index contributed by atoms with van der Waals surface area (Å²) in [4.78, 5) is 4.65. The van der Waals surface area contributed by atoms with Gasteiger partial charge in [0.15, 0.2) is 11.2 Å². The first-order chi connectivity index (χ1) is 39.6. The molecule has 0 saturated carbocycles. The standard InChI is InChI=1S/C76H64N2O4/c1-43(2)65-67-57-39-45-33-35-51(77(49-21-13-11-14-22-49)61-31-19-27-55-53-25-17-29-59(75(5,6)7)69(53)81-71(55)61)37-47(45)41-63(57)80-74(67)66(44(3)4)68-58-40-46-34-36-52(38-48(46)42-64(58)79-73(65)68)78(50-23-15-12-16-24-50)62-32-20-28-56-54-26-18-30-60(76(8,9)10)70(54)82-72(56)62/h11-44H,1-10H3. The third-order valence-corrected chi connectivity index (χ3v) is 17.1. The quantitative estimate of drug-likeness (QED) is 0.151. The van der Waals surface area contributed by atoms with Gasteiger partial charge in [0.05, 0.1) is 11.4 Å². The van der Waals surface area contributed by atoms with Crippen molar-refractivity contribution in [1.29, 1.82) is 0 Å². The highest BCUT2D eigenvalue weighted by Crippen LogP contribution is 2.51. The van der Waals surface area contributed by atoms with Crippen LogP contribution in [0.25, 0.3) is 109 Å². The van der Waals surface area contributed by atoms with Crippen LogP contribution in [0.4, 0.5) is 34.1 Å². The molecule has 0 radical (unpaired) electrons. The molecular weight excluding hydrogens is 1000 g/mol. The summed E-state index contributed by atoms with van der Waals surface area (Å²) in [6.45, 7) is 22.6. The van der Waals surface area contributed by atoms with E-state index in [2.05, 4.69) is 273 Å². The normalized spacial score (nSPS) is 12.7. The van der Waals surface area contributed by atoms with E-state index < -0.39 is 0 Å². The van der Waals surface area contributed by atoms with Gasteiger partial charge in [0.25, 0.3) is 0 Å². The molecule has 0 N–H and O–H groups in total. The van der Waals surface area contributed by atoms with Crippen LogP contribution in [-0.2, 0) is 10.8 Å². The van der Waals surface area contributed by atoms with Gasteiger partial charge in [-0.3, -0.25) is 0 Å². The third-order valence-electron chi connectivity index (χ3n) is 17.1. The van der Waals surface area contributed by atoms with Gasteiger partial charge in [0.1, 0.15) is 33.5 Å². The van der Waals surface area contributed by atoms with Crippen molar-refractivity contribution < 1.29 is 17.7 Å². The Balaban J connectivity index is 0.887. The molecule has 0 saturated heterocycles. The molecule has 0 bridgehead atoms. The number of benzene rings is 11. The van der Waals surface area contributed by atoms with Gasteiger partial charge in [-0.15, -0.1) is 0 Å². The lowest BCUT2D eigenvalue weighted by Gasteiger charge is -2.25. The average Bonchev–Trinajstić information content (AvgIpc) is 1.96. The molecule has 0 fully saturated rings. The van der Waals surface area contributed by atoms with Crippen molar-refractivity contribution in [3.63, 3.8) is 0 Å². The summed E-state index contributed by atoms with van der Waals surface area (Å²) in [7, 11) is 0. The molecule has 15 rings (SSSR count). The Kier molecular flexibility index (Phi) is 11.0. The van der Waals surface area contributed by atoms with Crippen molar-refractivity contribution in [2.24, 2.45) is 0 Å². The maximum atomic E-state index is 7.27. The molecule has 0 aliphatic heterocycles. The molecule has 15 aromatic rings. The Morgan fingerprint density at radius 1 is 0.305 bits per heavy atom. The maximum Gasteiger partial charge on any atom is 0.159 e. The predicted octanol–water partition coefficient (Wildman–Crippen LogP) is 23.4. The summed E-state index contributed by atoms with van der Waals surface area (Å²) in [5, 5.41) is 13.3. The molecule has 4 heterocycles. The van der Waals surface area contributed by atoms with Crippen molar-refractivity contribution in [3.8, 4) is 0 Å². The van der Waals surface area contributed by atoms with E-state index in [0.29, 0.717) is 0 Å². The van der Waals surface area contributed by atoms with Crippen LogP contribution >= 0.6 is 0 Å². The van der Waals surface area contributed by atoms with E-state index in [1.54, 1.807) is 0 Å². The zero-order valence-corrected chi connectivity index (χ0v) is 48.2. The van der Waals surface area contributed by atoms with E-state index in [0.717, 1.165) is 155 Å². The third kappa shape index (κ3) is 7.60. The van der Waals surface area contributed by atoms with Gasteiger partial charge in [-0.05, 0) is 129 Å². The molecule has 0 atom stereocenters. The molecule has 402 valence electrons. The van der Waals surface area contributed by atoms with Crippen LogP contribution in [0.15, 0.2) is 212 Å². The highest BCUT2D eigenvalue weighted by molar-refractivity contribution is 6.23. The first-order valence-corrected chi connectivity index (χ1v) is 28.9. The number of furan rings is 4. The highest BCUT2D eigenvalue weighted by Gasteiger charge is 2.30. The number of rotatable bonds is 8. The number of anilines is 6. The lowest BCUT2D eigenvalue weighted by Crippen LogP contribution is -2.11. The molecular formula is C76H64N2O4. The van der Waals surface area contributed by atoms with Crippen LogP contribution in [-0.4, -0.2) is 0 Å². The fourth-order valence-electron chi connectivity index (χ4n) is 13.3. The summed E-state index contributed by atoms with van der Waals surface area (Å²) in [6, 6.07) is 70.0. The zero-order chi connectivity index (χ0) is 56.1. The number of para-hydroxylation sites is 6. The second kappa shape index (κ2) is 18.1. The lowest BCUT2D eigenvalue weighted by molar-refractivity contribution is 0.572. The van der Waals surface area contributed by atoms with E-state index in [-0.39, 0.29) is 22.7 Å². The Labute approximate surface area is 476 Å². The van der Waals surface area contributed by atoms with Crippen LogP contribution in [0, 0.1) is 0 Å². The average molecular weight is 1070 g/mol. The lowest BCUT2D eigenvalue weighted by atomic mass is 9.86. The number of nitrogens with zero attached hydrogens (tertiary/aromatic N) is 2. The Morgan fingerprint density at radius 3 is 1.06 bits per heavy atom. The number of hydrogen-bond donors (Lipinski definition) is 0. The van der Waals surface area contributed by atoms with E-state index >= 15 is 0 Å². The number of hydrogen-bond acceptors (Lipinski definition) is 6. The monoisotopic (exact) mass is 1070 g/mol. The van der Waals surface area contributed by atoms with Crippen LogP contribution in [0.5, 0.6) is 0 Å². The maximum absolute atomic E-state index is 7.27. The van der Waals surface area contributed by atoms with E-state index in [1.165, 1.54) is 11.1 Å². The van der Waals surface area contributed by atoms with Crippen molar-refractivity contribution in [2.75, 3.05) is 9.80 Å². The van der Waals surface area contributed by atoms with Crippen molar-refractivity contribution in [2.45, 2.75) is 91.9 Å². The second-order valence-electron chi connectivity index (χ2n) is 25.2. The van der Waals surface area contributed by atoms with Crippen molar-refractivity contribution in [1.82, 2.24) is 0 Å². The van der Waals surface area contributed by atoms with Crippen LogP contribution < -0.4 is 9.80 Å². The summed E-state index contributed by atoms with van der Waals surface area (Å²) in [5.41, 5.74) is 17.8. The zero-order valence-electron chi connectivity index (χ0n) is 48.2. The minimum Gasteiger partial charge on any atom is -0.456 e. The number of fused-ring (bicyclic) bond motifs is 14. The molecule has 6 nitrogen and oxygen atoms in total.